The van der Waals surface area contributed by atoms with Crippen molar-refractivity contribution in [2.24, 2.45) is 11.3 Å². The third-order valence-electron chi connectivity index (χ3n) is 7.06. The molecule has 1 fully saturated rings. The van der Waals surface area contributed by atoms with E-state index in [1.807, 2.05) is 6.92 Å². The van der Waals surface area contributed by atoms with Gasteiger partial charge in [-0.1, -0.05) is 57.6 Å². The van der Waals surface area contributed by atoms with Crippen LogP contribution in [0.25, 0.3) is 0 Å². The molecule has 0 amide bonds. The Morgan fingerprint density at radius 2 is 1.71 bits per heavy atom. The summed E-state index contributed by atoms with van der Waals surface area (Å²) in [5.74, 6) is 0.0345. The largest absolute Gasteiger partial charge is 0.504 e. The molecule has 34 heavy (non-hydrogen) atoms. The minimum absolute atomic E-state index is 0.00357. The molecular weight excluding hydrogens is 478 g/mol. The number of hydrogen-bond donors (Lipinski definition) is 3. The molecule has 0 aliphatic heterocycles. The van der Waals surface area contributed by atoms with E-state index < -0.39 is 31.5 Å². The molecule has 188 valence electrons. The molecule has 2 aromatic rings. The molecule has 1 aliphatic rings. The van der Waals surface area contributed by atoms with E-state index in [1.54, 1.807) is 0 Å². The molecule has 2 aromatic carbocycles. The molecule has 10 heteroatoms. The van der Waals surface area contributed by atoms with Crippen molar-refractivity contribution in [2.75, 3.05) is 24.7 Å². The van der Waals surface area contributed by atoms with Crippen molar-refractivity contribution in [3.05, 3.63) is 37.6 Å². The lowest BCUT2D eigenvalue weighted by molar-refractivity contribution is 0.201. The first-order valence-corrected chi connectivity index (χ1v) is 13.4. The predicted octanol–water partition coefficient (Wildman–Crippen LogP) is 4.43. The van der Waals surface area contributed by atoms with Gasteiger partial charge in [0, 0.05) is 20.1 Å². The lowest BCUT2D eigenvalue weighted by Crippen LogP contribution is -2.43. The molecule has 1 aliphatic carbocycles. The maximum Gasteiger partial charge on any atom is 0.253 e. The Bertz CT molecular complexity index is 1230. The number of hydrogen-bond acceptors (Lipinski definition) is 7. The fraction of sp³-hybridized carbons (Fsp3) is 0.583. The van der Waals surface area contributed by atoms with Crippen LogP contribution in [0.2, 0.25) is 5.02 Å². The Morgan fingerprint density at radius 3 is 2.29 bits per heavy atom. The van der Waals surface area contributed by atoms with Crippen molar-refractivity contribution >= 4 is 38.7 Å². The second-order valence-electron chi connectivity index (χ2n) is 10.2. The monoisotopic (exact) mass is 511 g/mol. The first kappa shape index (κ1) is 26.5. The topological polar surface area (TPSA) is 116 Å². The van der Waals surface area contributed by atoms with E-state index in [0.29, 0.717) is 5.92 Å². The molecule has 3 rings (SSSR count). The van der Waals surface area contributed by atoms with Crippen LogP contribution in [0.5, 0.6) is 5.75 Å². The van der Waals surface area contributed by atoms with Gasteiger partial charge in [0.25, 0.3) is 10.9 Å². The average Bonchev–Trinajstić information content (AvgIpc) is 2.77. The predicted molar refractivity (Wildman–Crippen MR) is 137 cm³/mol. The van der Waals surface area contributed by atoms with Crippen LogP contribution in [0, 0.1) is 11.3 Å². The van der Waals surface area contributed by atoms with Crippen LogP contribution >= 0.6 is 11.6 Å². The van der Waals surface area contributed by atoms with Gasteiger partial charge in [0.1, 0.15) is 16.3 Å². The molecule has 0 saturated heterocycles. The highest BCUT2D eigenvalue weighted by molar-refractivity contribution is 7.89. The highest BCUT2D eigenvalue weighted by atomic mass is 35.5. The lowest BCUT2D eigenvalue weighted by atomic mass is 9.73. The number of nitrogens with zero attached hydrogens (tertiary/aromatic N) is 1. The van der Waals surface area contributed by atoms with Crippen LogP contribution in [0.1, 0.15) is 59.3 Å². The number of anilines is 3. The molecule has 1 unspecified atom stereocenters. The second kappa shape index (κ2) is 9.87. The van der Waals surface area contributed by atoms with E-state index in [0.717, 1.165) is 10.7 Å². The van der Waals surface area contributed by atoms with Crippen LogP contribution < -0.4 is 21.5 Å². The number of sulfonamides is 1. The van der Waals surface area contributed by atoms with Crippen LogP contribution in [0.4, 0.5) is 17.1 Å². The van der Waals surface area contributed by atoms with E-state index in [1.165, 1.54) is 58.3 Å². The van der Waals surface area contributed by atoms with Crippen molar-refractivity contribution in [1.29, 1.82) is 0 Å². The van der Waals surface area contributed by atoms with Crippen molar-refractivity contribution < 1.29 is 13.5 Å². The standard InChI is InChI=1S/C24H34ClN3O5S/c1-14(24(2,3)13-15-9-7-6-8-10-15)26-18-19(22(31)21(18)30)27-17-12-11-16(25)23(20(17)29)34(32,33)28(4)5/h11-12,14-15,26-27,29H,6-10,13H2,1-5H3. The van der Waals surface area contributed by atoms with E-state index >= 15 is 0 Å². The summed E-state index contributed by atoms with van der Waals surface area (Å²) < 4.78 is 26.1. The normalized spacial score (nSPS) is 16.7. The van der Waals surface area contributed by atoms with E-state index in [9.17, 15) is 23.1 Å². The van der Waals surface area contributed by atoms with Crippen LogP contribution in [-0.2, 0) is 10.0 Å². The summed E-state index contributed by atoms with van der Waals surface area (Å²) in [6.07, 6.45) is 7.26. The zero-order valence-corrected chi connectivity index (χ0v) is 21.9. The average molecular weight is 512 g/mol. The number of benzene rings is 1. The summed E-state index contributed by atoms with van der Waals surface area (Å²) in [4.78, 5) is 24.2. The molecule has 1 atom stereocenters. The Balaban J connectivity index is 1.85. The third kappa shape index (κ3) is 5.11. The summed E-state index contributed by atoms with van der Waals surface area (Å²) in [5.41, 5.74) is -1.39. The number of rotatable bonds is 9. The quantitative estimate of drug-likeness (QED) is 0.337. The van der Waals surface area contributed by atoms with Gasteiger partial charge in [-0.05, 0) is 36.8 Å². The third-order valence-corrected chi connectivity index (χ3v) is 9.38. The van der Waals surface area contributed by atoms with Gasteiger partial charge in [0.05, 0.1) is 10.7 Å². The molecule has 0 bridgehead atoms. The van der Waals surface area contributed by atoms with Gasteiger partial charge in [-0.2, -0.15) is 0 Å². The summed E-state index contributed by atoms with van der Waals surface area (Å²) in [6.45, 7) is 6.30. The zero-order chi connectivity index (χ0) is 25.4. The Hall–Kier alpha value is -2.10. The van der Waals surface area contributed by atoms with Crippen molar-refractivity contribution in [3.63, 3.8) is 0 Å². The molecular formula is C24H34ClN3O5S. The Labute approximate surface area is 206 Å². The van der Waals surface area contributed by atoms with Gasteiger partial charge < -0.3 is 15.7 Å². The minimum atomic E-state index is -4.05. The van der Waals surface area contributed by atoms with Crippen molar-refractivity contribution in [2.45, 2.75) is 70.2 Å². The number of phenolic OH excluding ortho intramolecular Hbond substituents is 1. The summed E-state index contributed by atoms with van der Waals surface area (Å²) in [5, 5.41) is 16.5. The second-order valence-corrected chi connectivity index (χ2v) is 12.7. The lowest BCUT2D eigenvalue weighted by Gasteiger charge is -2.37. The van der Waals surface area contributed by atoms with Crippen LogP contribution in [-0.4, -0.2) is 38.0 Å². The fourth-order valence-electron chi connectivity index (χ4n) is 4.58. The maximum absolute atomic E-state index is 12.6. The first-order valence-electron chi connectivity index (χ1n) is 11.6. The van der Waals surface area contributed by atoms with Gasteiger partial charge in [0.15, 0.2) is 5.75 Å². The number of nitrogens with one attached hydrogen (secondary N) is 2. The van der Waals surface area contributed by atoms with Gasteiger partial charge in [-0.25, -0.2) is 12.7 Å². The fourth-order valence-corrected chi connectivity index (χ4v) is 6.06. The molecule has 0 aromatic heterocycles. The van der Waals surface area contributed by atoms with E-state index in [-0.39, 0.29) is 33.5 Å². The number of halogens is 1. The molecule has 0 heterocycles. The zero-order valence-electron chi connectivity index (χ0n) is 20.4. The number of phenols is 1. The molecule has 1 saturated carbocycles. The maximum atomic E-state index is 12.6. The highest BCUT2D eigenvalue weighted by Gasteiger charge is 2.33. The summed E-state index contributed by atoms with van der Waals surface area (Å²) >= 11 is 6.05. The van der Waals surface area contributed by atoms with Gasteiger partial charge in [0.2, 0.25) is 10.0 Å². The summed E-state index contributed by atoms with van der Waals surface area (Å²) in [7, 11) is -1.41. The van der Waals surface area contributed by atoms with Gasteiger partial charge >= 0.3 is 0 Å². The molecule has 0 radical (unpaired) electrons. The van der Waals surface area contributed by atoms with E-state index in [2.05, 4.69) is 24.5 Å². The smallest absolute Gasteiger partial charge is 0.253 e. The highest BCUT2D eigenvalue weighted by Crippen LogP contribution is 2.41. The summed E-state index contributed by atoms with van der Waals surface area (Å²) in [6, 6.07) is 2.58. The first-order chi connectivity index (χ1) is 15.8. The van der Waals surface area contributed by atoms with Gasteiger partial charge in [-0.3, -0.25) is 9.59 Å². The van der Waals surface area contributed by atoms with Crippen LogP contribution in [0.3, 0.4) is 0 Å². The molecule has 3 N–H and O–H groups in total. The minimum Gasteiger partial charge on any atom is -0.504 e. The van der Waals surface area contributed by atoms with Crippen LogP contribution in [0.15, 0.2) is 26.6 Å². The van der Waals surface area contributed by atoms with Crippen molar-refractivity contribution in [3.8, 4) is 5.75 Å². The van der Waals surface area contributed by atoms with E-state index in [4.69, 9.17) is 11.6 Å². The van der Waals surface area contributed by atoms with Gasteiger partial charge in [-0.15, -0.1) is 0 Å². The SMILES string of the molecule is CC(Nc1c(Nc2ccc(Cl)c(S(=O)(=O)N(C)C)c2O)c(=O)c1=O)C(C)(C)CC1CCCCC1. The van der Waals surface area contributed by atoms with Crippen molar-refractivity contribution in [1.82, 2.24) is 4.31 Å². The Kier molecular flexibility index (Phi) is 7.70. The molecule has 0 spiro atoms. The number of aromatic hydroxyl groups is 1. The Morgan fingerprint density at radius 1 is 1.12 bits per heavy atom. The molecule has 8 nitrogen and oxygen atoms in total.